The fourth-order valence-corrected chi connectivity index (χ4v) is 3.09. The second kappa shape index (κ2) is 6.14. The molecule has 1 aliphatic heterocycles. The second-order valence-corrected chi connectivity index (χ2v) is 6.38. The van der Waals surface area contributed by atoms with E-state index in [4.69, 9.17) is 0 Å². The predicted molar refractivity (Wildman–Crippen MR) is 80.8 cm³/mol. The van der Waals surface area contributed by atoms with Crippen molar-refractivity contribution in [3.05, 3.63) is 35.1 Å². The molecule has 1 N–H and O–H groups in total. The van der Waals surface area contributed by atoms with Gasteiger partial charge in [0.05, 0.1) is 5.56 Å². The van der Waals surface area contributed by atoms with Crippen molar-refractivity contribution < 1.29 is 9.18 Å². The van der Waals surface area contributed by atoms with Gasteiger partial charge in [-0.2, -0.15) is 0 Å². The van der Waals surface area contributed by atoms with Crippen molar-refractivity contribution in [1.29, 1.82) is 0 Å². The third-order valence-corrected chi connectivity index (χ3v) is 4.46. The lowest BCUT2D eigenvalue weighted by Gasteiger charge is -2.30. The van der Waals surface area contributed by atoms with E-state index in [0.717, 1.165) is 50.9 Å². The van der Waals surface area contributed by atoms with E-state index in [0.29, 0.717) is 12.0 Å². The highest BCUT2D eigenvalue weighted by atomic mass is 19.1. The Balaban J connectivity index is 1.75. The van der Waals surface area contributed by atoms with Gasteiger partial charge in [0.25, 0.3) is 5.91 Å². The molecule has 3 rings (SSSR count). The highest BCUT2D eigenvalue weighted by Crippen LogP contribution is 2.30. The normalized spacial score (nSPS) is 22.1. The summed E-state index contributed by atoms with van der Waals surface area (Å²) in [5.74, 6) is -0.0372. The maximum Gasteiger partial charge on any atom is 0.257 e. The summed E-state index contributed by atoms with van der Waals surface area (Å²) in [5.41, 5.74) is 1.06. The first-order chi connectivity index (χ1) is 10.1. The number of hydrogen-bond donors (Lipinski definition) is 1. The minimum atomic E-state index is -0.396. The van der Waals surface area contributed by atoms with Gasteiger partial charge in [0.15, 0.2) is 0 Å². The van der Waals surface area contributed by atoms with Crippen molar-refractivity contribution in [2.75, 3.05) is 19.6 Å². The van der Waals surface area contributed by atoms with Crippen LogP contribution in [0.15, 0.2) is 18.2 Å². The molecule has 2 fully saturated rings. The van der Waals surface area contributed by atoms with E-state index in [2.05, 4.69) is 5.32 Å². The zero-order chi connectivity index (χ0) is 14.8. The second-order valence-electron chi connectivity index (χ2n) is 6.38. The van der Waals surface area contributed by atoms with Crippen molar-refractivity contribution in [1.82, 2.24) is 10.2 Å². The number of piperidine rings is 1. The van der Waals surface area contributed by atoms with Crippen molar-refractivity contribution >= 4 is 5.91 Å². The molecular formula is C17H23FN2O. The smallest absolute Gasteiger partial charge is 0.257 e. The van der Waals surface area contributed by atoms with E-state index in [1.807, 2.05) is 17.9 Å². The molecule has 0 radical (unpaired) electrons. The Bertz CT molecular complexity index is 522. The molecule has 1 atom stereocenters. The van der Waals surface area contributed by atoms with Gasteiger partial charge in [0.1, 0.15) is 5.82 Å². The maximum absolute atomic E-state index is 14.1. The molecule has 1 unspecified atom stereocenters. The first kappa shape index (κ1) is 14.5. The van der Waals surface area contributed by atoms with Crippen LogP contribution in [0.3, 0.4) is 0 Å². The van der Waals surface area contributed by atoms with Crippen molar-refractivity contribution in [2.45, 2.75) is 38.6 Å². The molecule has 1 saturated carbocycles. The molecular weight excluding hydrogens is 267 g/mol. The quantitative estimate of drug-likeness (QED) is 0.925. The fraction of sp³-hybridized carbons (Fsp3) is 0.588. The van der Waals surface area contributed by atoms with Crippen molar-refractivity contribution in [3.8, 4) is 0 Å². The Labute approximate surface area is 125 Å². The number of nitrogens with zero attached hydrogens (tertiary/aromatic N) is 1. The van der Waals surface area contributed by atoms with Crippen LogP contribution in [0.2, 0.25) is 0 Å². The Morgan fingerprint density at radius 2 is 2.19 bits per heavy atom. The van der Waals surface area contributed by atoms with E-state index < -0.39 is 5.82 Å². The molecule has 1 saturated heterocycles. The number of amides is 1. The standard InChI is InChI=1S/C17H23FN2O/c1-12-4-7-15(16(18)9-12)17(21)20(14-5-6-14)11-13-3-2-8-19-10-13/h4,7,9,13-14,19H,2-3,5-6,8,10-11H2,1H3. The maximum atomic E-state index is 14.1. The first-order valence-electron chi connectivity index (χ1n) is 7.93. The summed E-state index contributed by atoms with van der Waals surface area (Å²) in [6.07, 6.45) is 4.43. The van der Waals surface area contributed by atoms with E-state index in [1.165, 1.54) is 6.07 Å². The predicted octanol–water partition coefficient (Wildman–Crippen LogP) is 2.74. The zero-order valence-corrected chi connectivity index (χ0v) is 12.6. The van der Waals surface area contributed by atoms with Gasteiger partial charge < -0.3 is 10.2 Å². The van der Waals surface area contributed by atoms with Crippen LogP contribution in [0.1, 0.15) is 41.6 Å². The molecule has 2 aliphatic rings. The molecule has 1 heterocycles. The lowest BCUT2D eigenvalue weighted by molar-refractivity contribution is 0.0699. The molecule has 21 heavy (non-hydrogen) atoms. The highest BCUT2D eigenvalue weighted by molar-refractivity contribution is 5.95. The Morgan fingerprint density at radius 1 is 1.38 bits per heavy atom. The number of nitrogens with one attached hydrogen (secondary N) is 1. The summed E-state index contributed by atoms with van der Waals surface area (Å²) in [6, 6.07) is 5.20. The molecule has 1 aliphatic carbocycles. The van der Waals surface area contributed by atoms with Gasteiger partial charge >= 0.3 is 0 Å². The largest absolute Gasteiger partial charge is 0.335 e. The van der Waals surface area contributed by atoms with Gasteiger partial charge in [0, 0.05) is 12.6 Å². The molecule has 1 aromatic carbocycles. The molecule has 4 heteroatoms. The molecule has 114 valence electrons. The van der Waals surface area contributed by atoms with Crippen LogP contribution < -0.4 is 5.32 Å². The summed E-state index contributed by atoms with van der Waals surface area (Å²) >= 11 is 0. The summed E-state index contributed by atoms with van der Waals surface area (Å²) < 4.78 is 14.1. The monoisotopic (exact) mass is 290 g/mol. The van der Waals surface area contributed by atoms with E-state index in [9.17, 15) is 9.18 Å². The van der Waals surface area contributed by atoms with Crippen LogP contribution in [0.5, 0.6) is 0 Å². The van der Waals surface area contributed by atoms with Crippen LogP contribution in [-0.2, 0) is 0 Å². The lowest BCUT2D eigenvalue weighted by atomic mass is 9.98. The Kier molecular flexibility index (Phi) is 4.24. The first-order valence-corrected chi connectivity index (χ1v) is 7.93. The van der Waals surface area contributed by atoms with Gasteiger partial charge in [-0.05, 0) is 69.3 Å². The summed E-state index contributed by atoms with van der Waals surface area (Å²) in [5, 5.41) is 3.39. The third kappa shape index (κ3) is 3.43. The molecule has 3 nitrogen and oxygen atoms in total. The number of carbonyl (C=O) groups is 1. The van der Waals surface area contributed by atoms with E-state index in [-0.39, 0.29) is 11.5 Å². The van der Waals surface area contributed by atoms with Crippen LogP contribution >= 0.6 is 0 Å². The van der Waals surface area contributed by atoms with Crippen molar-refractivity contribution in [3.63, 3.8) is 0 Å². The molecule has 1 aromatic rings. The lowest BCUT2D eigenvalue weighted by Crippen LogP contribution is -2.42. The Morgan fingerprint density at radius 3 is 2.81 bits per heavy atom. The van der Waals surface area contributed by atoms with E-state index >= 15 is 0 Å². The van der Waals surface area contributed by atoms with Gasteiger partial charge in [-0.3, -0.25) is 4.79 Å². The third-order valence-electron chi connectivity index (χ3n) is 4.46. The minimum absolute atomic E-state index is 0.138. The average molecular weight is 290 g/mol. The SMILES string of the molecule is Cc1ccc(C(=O)N(CC2CCCNC2)C2CC2)c(F)c1. The number of rotatable bonds is 4. The Hall–Kier alpha value is -1.42. The van der Waals surface area contributed by atoms with Crippen LogP contribution in [0.25, 0.3) is 0 Å². The summed E-state index contributed by atoms with van der Waals surface area (Å²) in [6.45, 7) is 4.63. The number of carbonyl (C=O) groups excluding carboxylic acids is 1. The van der Waals surface area contributed by atoms with Crippen molar-refractivity contribution in [2.24, 2.45) is 5.92 Å². The fourth-order valence-electron chi connectivity index (χ4n) is 3.09. The number of benzene rings is 1. The zero-order valence-electron chi connectivity index (χ0n) is 12.6. The molecule has 0 bridgehead atoms. The average Bonchev–Trinajstić information content (AvgIpc) is 3.30. The number of halogens is 1. The summed E-state index contributed by atoms with van der Waals surface area (Å²) in [7, 11) is 0. The molecule has 1 amide bonds. The van der Waals surface area contributed by atoms with Gasteiger partial charge in [-0.15, -0.1) is 0 Å². The van der Waals surface area contributed by atoms with Gasteiger partial charge in [-0.1, -0.05) is 6.07 Å². The topological polar surface area (TPSA) is 32.3 Å². The number of hydrogen-bond acceptors (Lipinski definition) is 2. The van der Waals surface area contributed by atoms with Crippen LogP contribution in [-0.4, -0.2) is 36.5 Å². The highest BCUT2D eigenvalue weighted by Gasteiger charge is 2.35. The molecule has 0 aromatic heterocycles. The minimum Gasteiger partial charge on any atom is -0.335 e. The molecule has 0 spiro atoms. The van der Waals surface area contributed by atoms with Crippen LogP contribution in [0, 0.1) is 18.7 Å². The van der Waals surface area contributed by atoms with Gasteiger partial charge in [0.2, 0.25) is 0 Å². The van der Waals surface area contributed by atoms with Gasteiger partial charge in [-0.25, -0.2) is 4.39 Å². The van der Waals surface area contributed by atoms with E-state index in [1.54, 1.807) is 6.07 Å². The summed E-state index contributed by atoms with van der Waals surface area (Å²) in [4.78, 5) is 14.6. The number of aryl methyl sites for hydroxylation is 1. The van der Waals surface area contributed by atoms with Crippen LogP contribution in [0.4, 0.5) is 4.39 Å².